The Morgan fingerprint density at radius 1 is 1.35 bits per heavy atom. The van der Waals surface area contributed by atoms with E-state index < -0.39 is 0 Å². The fourth-order valence-corrected chi connectivity index (χ4v) is 2.25. The van der Waals surface area contributed by atoms with E-state index in [0.29, 0.717) is 5.57 Å². The highest BCUT2D eigenvalue weighted by atomic mass is 16.5. The van der Waals surface area contributed by atoms with Gasteiger partial charge >= 0.3 is 5.97 Å². The largest absolute Gasteiger partial charge is 0.466 e. The number of esters is 1. The normalized spacial score (nSPS) is 18.6. The van der Waals surface area contributed by atoms with Gasteiger partial charge in [0, 0.05) is 11.0 Å². The predicted octanol–water partition coefficient (Wildman–Crippen LogP) is 3.09. The van der Waals surface area contributed by atoms with Crippen LogP contribution in [0.25, 0.3) is 0 Å². The molecule has 0 saturated carbocycles. The lowest BCUT2D eigenvalue weighted by molar-refractivity contribution is -0.136. The molecule has 0 N–H and O–H groups in total. The highest BCUT2D eigenvalue weighted by Crippen LogP contribution is 2.36. The molecule has 98 valence electrons. The van der Waals surface area contributed by atoms with E-state index in [1.807, 2.05) is 13.0 Å². The minimum atomic E-state index is -0.232. The van der Waals surface area contributed by atoms with Crippen molar-refractivity contribution in [1.82, 2.24) is 0 Å². The van der Waals surface area contributed by atoms with Crippen molar-refractivity contribution in [2.75, 3.05) is 20.3 Å². The van der Waals surface area contributed by atoms with Crippen LogP contribution in [0.5, 0.6) is 0 Å². The highest BCUT2D eigenvalue weighted by molar-refractivity contribution is 5.87. The van der Waals surface area contributed by atoms with Gasteiger partial charge < -0.3 is 9.47 Å². The van der Waals surface area contributed by atoms with Crippen LogP contribution in [0.3, 0.4) is 0 Å². The molecule has 1 aliphatic rings. The average Bonchev–Trinajstić information content (AvgIpc) is 2.29. The van der Waals surface area contributed by atoms with Crippen molar-refractivity contribution in [3.8, 4) is 0 Å². The van der Waals surface area contributed by atoms with Gasteiger partial charge in [0.15, 0.2) is 0 Å². The van der Waals surface area contributed by atoms with Crippen LogP contribution in [0.15, 0.2) is 11.6 Å². The highest BCUT2D eigenvalue weighted by Gasteiger charge is 2.36. The summed E-state index contributed by atoms with van der Waals surface area (Å²) in [6, 6.07) is 0. The van der Waals surface area contributed by atoms with Crippen molar-refractivity contribution in [2.24, 2.45) is 5.41 Å². The van der Waals surface area contributed by atoms with Crippen LogP contribution >= 0.6 is 0 Å². The third-order valence-corrected chi connectivity index (χ3v) is 3.34. The molecule has 1 heterocycles. The van der Waals surface area contributed by atoms with Gasteiger partial charge in [-0.15, -0.1) is 0 Å². The second-order valence-corrected chi connectivity index (χ2v) is 4.98. The van der Waals surface area contributed by atoms with E-state index in [9.17, 15) is 4.79 Å². The molecule has 1 fully saturated rings. The van der Waals surface area contributed by atoms with Gasteiger partial charge in [-0.1, -0.05) is 38.7 Å². The Labute approximate surface area is 104 Å². The fourth-order valence-electron chi connectivity index (χ4n) is 2.25. The van der Waals surface area contributed by atoms with Gasteiger partial charge in [0.05, 0.1) is 20.3 Å². The summed E-state index contributed by atoms with van der Waals surface area (Å²) in [5.74, 6) is -0.232. The monoisotopic (exact) mass is 240 g/mol. The molecule has 1 aliphatic heterocycles. The van der Waals surface area contributed by atoms with Gasteiger partial charge in [-0.05, 0) is 13.3 Å². The van der Waals surface area contributed by atoms with Crippen LogP contribution in [0.2, 0.25) is 0 Å². The second-order valence-electron chi connectivity index (χ2n) is 4.98. The van der Waals surface area contributed by atoms with E-state index in [-0.39, 0.29) is 11.4 Å². The molecule has 0 radical (unpaired) electrons. The quantitative estimate of drug-likeness (QED) is 0.390. The number of unbranched alkanes of at least 4 members (excludes halogenated alkanes) is 3. The first kappa shape index (κ1) is 14.2. The number of hydrogen-bond donors (Lipinski definition) is 0. The molecule has 0 atom stereocenters. The molecule has 0 aliphatic carbocycles. The van der Waals surface area contributed by atoms with E-state index in [4.69, 9.17) is 9.47 Å². The van der Waals surface area contributed by atoms with Crippen molar-refractivity contribution in [3.05, 3.63) is 11.6 Å². The molecule has 1 saturated heterocycles. The number of ether oxygens (including phenoxy) is 2. The zero-order valence-electron chi connectivity index (χ0n) is 11.3. The molecule has 3 heteroatoms. The van der Waals surface area contributed by atoms with Crippen molar-refractivity contribution < 1.29 is 14.3 Å². The maximum absolute atomic E-state index is 11.4. The molecule has 3 nitrogen and oxygen atoms in total. The van der Waals surface area contributed by atoms with Gasteiger partial charge in [-0.2, -0.15) is 0 Å². The smallest absolute Gasteiger partial charge is 0.333 e. The van der Waals surface area contributed by atoms with E-state index >= 15 is 0 Å². The Kier molecular flexibility index (Phi) is 5.69. The first-order valence-corrected chi connectivity index (χ1v) is 6.49. The molecule has 0 bridgehead atoms. The van der Waals surface area contributed by atoms with E-state index in [1.54, 1.807) is 0 Å². The first-order chi connectivity index (χ1) is 8.13. The SMILES string of the molecule is CCCCCCC1(/C=C(\C)C(=O)OC)COC1. The zero-order valence-corrected chi connectivity index (χ0v) is 11.3. The molecule has 0 aromatic rings. The van der Waals surface area contributed by atoms with E-state index in [2.05, 4.69) is 6.92 Å². The summed E-state index contributed by atoms with van der Waals surface area (Å²) in [5, 5.41) is 0. The van der Waals surface area contributed by atoms with E-state index in [0.717, 1.165) is 19.6 Å². The summed E-state index contributed by atoms with van der Waals surface area (Å²) in [7, 11) is 1.42. The predicted molar refractivity (Wildman–Crippen MR) is 67.8 cm³/mol. The maximum Gasteiger partial charge on any atom is 0.333 e. The zero-order chi connectivity index (χ0) is 12.7. The van der Waals surface area contributed by atoms with Crippen LogP contribution in [0.1, 0.15) is 46.0 Å². The van der Waals surface area contributed by atoms with Crippen molar-refractivity contribution in [1.29, 1.82) is 0 Å². The number of carbonyl (C=O) groups excluding carboxylic acids is 1. The van der Waals surface area contributed by atoms with Crippen molar-refractivity contribution in [3.63, 3.8) is 0 Å². The number of methoxy groups -OCH3 is 1. The third kappa shape index (κ3) is 4.15. The minimum Gasteiger partial charge on any atom is -0.466 e. The van der Waals surface area contributed by atoms with Crippen molar-refractivity contribution in [2.45, 2.75) is 46.0 Å². The molecule has 17 heavy (non-hydrogen) atoms. The Bertz CT molecular complexity index is 277. The number of hydrogen-bond acceptors (Lipinski definition) is 3. The molecular formula is C14H24O3. The number of rotatable bonds is 7. The summed E-state index contributed by atoms with van der Waals surface area (Å²) in [4.78, 5) is 11.4. The van der Waals surface area contributed by atoms with Crippen LogP contribution in [0.4, 0.5) is 0 Å². The van der Waals surface area contributed by atoms with Gasteiger partial charge in [-0.25, -0.2) is 4.79 Å². The number of carbonyl (C=O) groups is 1. The molecule has 0 aromatic heterocycles. The fraction of sp³-hybridized carbons (Fsp3) is 0.786. The Morgan fingerprint density at radius 3 is 2.53 bits per heavy atom. The molecule has 0 aromatic carbocycles. The average molecular weight is 240 g/mol. The van der Waals surface area contributed by atoms with Crippen LogP contribution in [0, 0.1) is 5.41 Å². The first-order valence-electron chi connectivity index (χ1n) is 6.49. The van der Waals surface area contributed by atoms with Crippen LogP contribution in [-0.4, -0.2) is 26.3 Å². The molecule has 0 unspecified atom stereocenters. The summed E-state index contributed by atoms with van der Waals surface area (Å²) in [5.41, 5.74) is 0.790. The summed E-state index contributed by atoms with van der Waals surface area (Å²) in [6.07, 6.45) is 8.18. The summed E-state index contributed by atoms with van der Waals surface area (Å²) >= 11 is 0. The third-order valence-electron chi connectivity index (χ3n) is 3.34. The van der Waals surface area contributed by atoms with Gasteiger partial charge in [0.2, 0.25) is 0 Å². The standard InChI is InChI=1S/C14H24O3/c1-4-5-6-7-8-14(10-17-11-14)9-12(2)13(15)16-3/h9H,4-8,10-11H2,1-3H3/b12-9+. The maximum atomic E-state index is 11.4. The molecular weight excluding hydrogens is 216 g/mol. The second kappa shape index (κ2) is 6.80. The van der Waals surface area contributed by atoms with Crippen LogP contribution < -0.4 is 0 Å². The Balaban J connectivity index is 2.48. The minimum absolute atomic E-state index is 0.0893. The van der Waals surface area contributed by atoms with Gasteiger partial charge in [0.1, 0.15) is 0 Å². The molecule has 1 rings (SSSR count). The lowest BCUT2D eigenvalue weighted by Crippen LogP contribution is -2.41. The van der Waals surface area contributed by atoms with Crippen LogP contribution in [-0.2, 0) is 14.3 Å². The Hall–Kier alpha value is -0.830. The van der Waals surface area contributed by atoms with Gasteiger partial charge in [-0.3, -0.25) is 0 Å². The topological polar surface area (TPSA) is 35.5 Å². The summed E-state index contributed by atoms with van der Waals surface area (Å²) < 4.78 is 10.0. The van der Waals surface area contributed by atoms with E-state index in [1.165, 1.54) is 32.8 Å². The Morgan fingerprint density at radius 2 is 2.06 bits per heavy atom. The van der Waals surface area contributed by atoms with Gasteiger partial charge in [0.25, 0.3) is 0 Å². The lowest BCUT2D eigenvalue weighted by Gasteiger charge is -2.39. The molecule has 0 spiro atoms. The van der Waals surface area contributed by atoms with Crippen molar-refractivity contribution >= 4 is 5.97 Å². The molecule has 0 amide bonds. The lowest BCUT2D eigenvalue weighted by atomic mass is 9.79. The summed E-state index contributed by atoms with van der Waals surface area (Å²) in [6.45, 7) is 5.52.